The van der Waals surface area contributed by atoms with E-state index in [-0.39, 0.29) is 0 Å². The Morgan fingerprint density at radius 2 is 0.700 bits per heavy atom. The van der Waals surface area contributed by atoms with Crippen LogP contribution < -0.4 is 16.4 Å². The van der Waals surface area contributed by atoms with Crippen LogP contribution in [0.15, 0.2) is 84.9 Å². The maximum atomic E-state index is 9.80. The first kappa shape index (κ1) is 28.0. The second kappa shape index (κ2) is 9.01. The zero-order chi connectivity index (χ0) is 34.1. The molecule has 0 spiro atoms. The van der Waals surface area contributed by atoms with Crippen molar-refractivity contribution in [2.24, 2.45) is 5.73 Å². The Bertz CT molecular complexity index is 3340. The molecule has 0 radical (unpaired) electrons. The molecule has 12 aromatic carbocycles. The quantitative estimate of drug-likeness (QED) is 0.112. The van der Waals surface area contributed by atoms with E-state index < -0.39 is 0 Å². The van der Waals surface area contributed by atoms with Gasteiger partial charge in [-0.3, -0.25) is 10.8 Å². The molecule has 0 heterocycles. The van der Waals surface area contributed by atoms with Crippen molar-refractivity contribution in [3.05, 3.63) is 118 Å². The zero-order valence-corrected chi connectivity index (χ0v) is 28.7. The van der Waals surface area contributed by atoms with Gasteiger partial charge in [0.15, 0.2) is 0 Å². The predicted octanol–water partition coefficient (Wildman–Crippen LogP) is 11.3. The highest BCUT2D eigenvalue weighted by molar-refractivity contribution is 6.54. The fraction of sp³-hybridized carbons (Fsp3) is 0.106. The molecule has 0 aromatic heterocycles. The Kier molecular flexibility index (Phi) is 5.04. The smallest absolute Gasteiger partial charge is 0.0880 e. The van der Waals surface area contributed by atoms with Crippen LogP contribution in [0.2, 0.25) is 0 Å². The molecular formula is C47H33N3. The van der Waals surface area contributed by atoms with Crippen LogP contribution in [0.5, 0.6) is 0 Å². The van der Waals surface area contributed by atoms with E-state index in [0.29, 0.717) is 10.7 Å². The van der Waals surface area contributed by atoms with Crippen molar-refractivity contribution >= 4 is 118 Å². The third-order valence-corrected chi connectivity index (χ3v) is 12.0. The molecule has 0 saturated carbocycles. The number of rotatable bonds is 0. The van der Waals surface area contributed by atoms with Gasteiger partial charge < -0.3 is 5.73 Å². The topological polar surface area (TPSA) is 73.7 Å². The second-order valence-electron chi connectivity index (χ2n) is 14.5. The van der Waals surface area contributed by atoms with E-state index in [2.05, 4.69) is 118 Å². The van der Waals surface area contributed by atoms with Crippen molar-refractivity contribution < 1.29 is 0 Å². The van der Waals surface area contributed by atoms with Crippen LogP contribution in [0.25, 0.3) is 118 Å². The minimum Gasteiger partial charge on any atom is -0.333 e. The highest BCUT2D eigenvalue weighted by Crippen LogP contribution is 2.55. The van der Waals surface area contributed by atoms with Crippen LogP contribution >= 0.6 is 0 Å². The summed E-state index contributed by atoms with van der Waals surface area (Å²) in [6.45, 7) is 8.95. The maximum absolute atomic E-state index is 9.80. The van der Waals surface area contributed by atoms with Crippen molar-refractivity contribution in [2.45, 2.75) is 27.7 Å². The third kappa shape index (κ3) is 2.92. The number of benzene rings is 12. The third-order valence-electron chi connectivity index (χ3n) is 12.0. The minimum atomic E-state index is 0.329. The van der Waals surface area contributed by atoms with Gasteiger partial charge in [-0.05, 0) is 143 Å². The summed E-state index contributed by atoms with van der Waals surface area (Å²) < 4.78 is 0. The summed E-state index contributed by atoms with van der Waals surface area (Å²) in [7, 11) is 1.50. The van der Waals surface area contributed by atoms with Crippen molar-refractivity contribution in [1.82, 2.24) is 0 Å². The summed E-state index contributed by atoms with van der Waals surface area (Å²) in [6.07, 6.45) is 0. The van der Waals surface area contributed by atoms with E-state index in [4.69, 9.17) is 0 Å². The molecule has 236 valence electrons. The van der Waals surface area contributed by atoms with Crippen LogP contribution in [0, 0.1) is 38.5 Å². The van der Waals surface area contributed by atoms with Gasteiger partial charge in [-0.1, -0.05) is 96.1 Å². The SMILES string of the molecule is CN.Cc1ccc2c(c1)c1cc(C)c3c4c(C)cc5c6cc(C)ccc6c6cccc7c8c(=N)c(=N)c9c%10cccc2c%10c1c3c9c8c4c5c67. The van der Waals surface area contributed by atoms with Crippen LogP contribution in [-0.4, -0.2) is 7.05 Å². The number of nitrogens with two attached hydrogens (primary N) is 1. The highest BCUT2D eigenvalue weighted by atomic mass is 14.5. The summed E-state index contributed by atoms with van der Waals surface area (Å²) >= 11 is 0. The fourth-order valence-electron chi connectivity index (χ4n) is 10.3. The average Bonchev–Trinajstić information content (AvgIpc) is 3.12. The molecule has 12 aromatic rings. The molecule has 12 rings (SSSR count). The highest BCUT2D eigenvalue weighted by Gasteiger charge is 2.29. The molecule has 4 N–H and O–H groups in total. The van der Waals surface area contributed by atoms with Gasteiger partial charge in [0.25, 0.3) is 0 Å². The normalized spacial score (nSPS) is 12.8. The number of fused-ring (bicyclic) bond motifs is 9. The van der Waals surface area contributed by atoms with E-state index in [0.717, 1.165) is 32.3 Å². The van der Waals surface area contributed by atoms with E-state index >= 15 is 0 Å². The number of aryl methyl sites for hydroxylation is 4. The second-order valence-corrected chi connectivity index (χ2v) is 14.5. The Balaban J connectivity index is 0.00000148. The Morgan fingerprint density at radius 3 is 1.12 bits per heavy atom. The van der Waals surface area contributed by atoms with Crippen LogP contribution in [0.3, 0.4) is 0 Å². The summed E-state index contributed by atoms with van der Waals surface area (Å²) in [5, 5.41) is 46.9. The fourth-order valence-corrected chi connectivity index (χ4v) is 10.3. The van der Waals surface area contributed by atoms with E-state index in [1.54, 1.807) is 0 Å². The number of hydrogen-bond acceptors (Lipinski definition) is 3. The molecule has 3 nitrogen and oxygen atoms in total. The molecule has 3 heteroatoms. The molecule has 0 unspecified atom stereocenters. The molecule has 0 fully saturated rings. The summed E-state index contributed by atoms with van der Waals surface area (Å²) in [5.74, 6) is 0. The van der Waals surface area contributed by atoms with E-state index in [9.17, 15) is 10.8 Å². The van der Waals surface area contributed by atoms with Gasteiger partial charge >= 0.3 is 0 Å². The van der Waals surface area contributed by atoms with Gasteiger partial charge in [-0.25, -0.2) is 0 Å². The lowest BCUT2D eigenvalue weighted by Gasteiger charge is -2.27. The van der Waals surface area contributed by atoms with E-state index in [1.165, 1.54) is 115 Å². The molecular weight excluding hydrogens is 607 g/mol. The number of nitrogens with one attached hydrogen (secondary N) is 2. The molecule has 0 bridgehead atoms. The molecule has 0 saturated heterocycles. The molecule has 50 heavy (non-hydrogen) atoms. The standard InChI is InChI=1S/C46H28N2.CH5N/c1-19-11-13-23-25-7-5-9-27-35(25)37-31(29(23)15-19)17-21(3)33-34-22(4)18-32-30-16-20(2)12-14-24(30)26-8-6-10-28-36(26)38(32)42(34)44-40(28)46(48)45(47)39(27)43(44)41(33)37;1-2/h5-18,47-48H,1-4H3;2H2,1H3. The Labute approximate surface area is 286 Å². The van der Waals surface area contributed by atoms with Gasteiger partial charge in [0.05, 0.1) is 10.7 Å². The average molecular weight is 640 g/mol. The van der Waals surface area contributed by atoms with Crippen molar-refractivity contribution in [3.8, 4) is 0 Å². The van der Waals surface area contributed by atoms with E-state index in [1.807, 2.05) is 0 Å². The summed E-state index contributed by atoms with van der Waals surface area (Å²) in [4.78, 5) is 0. The first-order valence-electron chi connectivity index (χ1n) is 17.4. The van der Waals surface area contributed by atoms with Gasteiger partial charge in [-0.2, -0.15) is 0 Å². The van der Waals surface area contributed by atoms with Crippen molar-refractivity contribution in [3.63, 3.8) is 0 Å². The lowest BCUT2D eigenvalue weighted by molar-refractivity contribution is 1.19. The first-order chi connectivity index (χ1) is 24.3. The molecule has 0 aliphatic heterocycles. The van der Waals surface area contributed by atoms with Crippen molar-refractivity contribution in [2.75, 3.05) is 7.05 Å². The van der Waals surface area contributed by atoms with Crippen LogP contribution in [0.1, 0.15) is 22.3 Å². The molecule has 0 aliphatic rings. The molecule has 0 amide bonds. The van der Waals surface area contributed by atoms with Crippen LogP contribution in [0.4, 0.5) is 0 Å². The number of hydrogen-bond donors (Lipinski definition) is 3. The summed E-state index contributed by atoms with van der Waals surface area (Å²) in [5.41, 5.74) is 9.55. The van der Waals surface area contributed by atoms with Crippen LogP contribution in [-0.2, 0) is 0 Å². The Hall–Kier alpha value is -5.90. The molecule has 0 atom stereocenters. The maximum Gasteiger partial charge on any atom is 0.0880 e. The first-order valence-corrected chi connectivity index (χ1v) is 17.4. The van der Waals surface area contributed by atoms with Gasteiger partial charge in [0, 0.05) is 21.5 Å². The summed E-state index contributed by atoms with van der Waals surface area (Å²) in [6, 6.07) is 31.8. The Morgan fingerprint density at radius 1 is 0.320 bits per heavy atom. The predicted molar refractivity (Wildman–Crippen MR) is 216 cm³/mol. The molecule has 0 aliphatic carbocycles. The van der Waals surface area contributed by atoms with Crippen molar-refractivity contribution in [1.29, 1.82) is 10.8 Å². The monoisotopic (exact) mass is 639 g/mol. The van der Waals surface area contributed by atoms with Gasteiger partial charge in [0.2, 0.25) is 0 Å². The van der Waals surface area contributed by atoms with Gasteiger partial charge in [-0.15, -0.1) is 0 Å². The largest absolute Gasteiger partial charge is 0.333 e. The lowest BCUT2D eigenvalue weighted by Crippen LogP contribution is -2.25. The minimum absolute atomic E-state index is 0.329. The zero-order valence-electron chi connectivity index (χ0n) is 28.7. The lowest BCUT2D eigenvalue weighted by atomic mass is 9.75. The van der Waals surface area contributed by atoms with Gasteiger partial charge in [0.1, 0.15) is 0 Å².